The number of hydrogen-bond acceptors (Lipinski definition) is 6. The van der Waals surface area contributed by atoms with Crippen LogP contribution in [-0.2, 0) is 4.79 Å². The molecule has 3 aromatic carbocycles. The first kappa shape index (κ1) is 24.1. The van der Waals surface area contributed by atoms with Gasteiger partial charge in [0, 0.05) is 5.02 Å². The lowest BCUT2D eigenvalue weighted by Crippen LogP contribution is -2.24. The Hall–Kier alpha value is -3.55. The molecule has 0 aliphatic carbocycles. The number of halogens is 2. The van der Waals surface area contributed by atoms with Gasteiger partial charge in [-0.15, -0.1) is 0 Å². The van der Waals surface area contributed by atoms with E-state index in [0.29, 0.717) is 33.7 Å². The van der Waals surface area contributed by atoms with Gasteiger partial charge in [-0.1, -0.05) is 41.4 Å². The highest BCUT2D eigenvalue weighted by Crippen LogP contribution is 2.29. The maximum Gasteiger partial charge on any atom is 0.345 e. The molecule has 0 atom stereocenters. The van der Waals surface area contributed by atoms with E-state index in [-0.39, 0.29) is 17.9 Å². The van der Waals surface area contributed by atoms with E-state index in [9.17, 15) is 9.59 Å². The van der Waals surface area contributed by atoms with Crippen molar-refractivity contribution in [2.24, 2.45) is 5.10 Å². The first-order valence-corrected chi connectivity index (χ1v) is 10.7. The lowest BCUT2D eigenvalue weighted by molar-refractivity contribution is -0.123. The minimum atomic E-state index is -0.602. The van der Waals surface area contributed by atoms with E-state index in [1.54, 1.807) is 73.7 Å². The number of esters is 1. The van der Waals surface area contributed by atoms with Crippen LogP contribution in [-0.4, -0.2) is 31.3 Å². The zero-order valence-corrected chi connectivity index (χ0v) is 19.1. The lowest BCUT2D eigenvalue weighted by atomic mass is 10.2. The monoisotopic (exact) mass is 486 g/mol. The summed E-state index contributed by atoms with van der Waals surface area (Å²) in [6, 6.07) is 18.2. The molecule has 3 aromatic rings. The Morgan fingerprint density at radius 2 is 1.79 bits per heavy atom. The van der Waals surface area contributed by atoms with Crippen LogP contribution in [0.2, 0.25) is 10.0 Å². The molecule has 0 spiro atoms. The average Bonchev–Trinajstić information content (AvgIpc) is 2.80. The maximum atomic E-state index is 12.5. The molecule has 3 rings (SSSR count). The highest BCUT2D eigenvalue weighted by molar-refractivity contribution is 6.33. The van der Waals surface area contributed by atoms with Gasteiger partial charge in [-0.05, 0) is 61.0 Å². The zero-order valence-electron chi connectivity index (χ0n) is 17.6. The number of nitrogens with zero attached hydrogens (tertiary/aromatic N) is 1. The molecule has 0 aliphatic rings. The highest BCUT2D eigenvalue weighted by atomic mass is 35.5. The van der Waals surface area contributed by atoms with Crippen molar-refractivity contribution in [2.75, 3.05) is 13.2 Å². The van der Waals surface area contributed by atoms with Gasteiger partial charge >= 0.3 is 5.97 Å². The minimum absolute atomic E-state index is 0.223. The largest absolute Gasteiger partial charge is 0.490 e. The van der Waals surface area contributed by atoms with Crippen molar-refractivity contribution in [1.82, 2.24) is 5.43 Å². The number of benzene rings is 3. The molecule has 0 bridgehead atoms. The molecule has 0 unspecified atom stereocenters. The molecule has 1 N–H and O–H groups in total. The molecule has 0 saturated carbocycles. The van der Waals surface area contributed by atoms with Crippen molar-refractivity contribution in [3.63, 3.8) is 0 Å². The highest BCUT2D eigenvalue weighted by Gasteiger charge is 2.15. The van der Waals surface area contributed by atoms with E-state index >= 15 is 0 Å². The molecule has 0 saturated heterocycles. The summed E-state index contributed by atoms with van der Waals surface area (Å²) in [5.41, 5.74) is 3.24. The van der Waals surface area contributed by atoms with E-state index in [0.717, 1.165) is 0 Å². The predicted octanol–water partition coefficient (Wildman–Crippen LogP) is 5.14. The molecule has 1 amide bonds. The summed E-state index contributed by atoms with van der Waals surface area (Å²) in [6.07, 6.45) is 1.43. The fraction of sp³-hybridized carbons (Fsp3) is 0.125. The van der Waals surface area contributed by atoms with Crippen LogP contribution in [0.1, 0.15) is 22.8 Å². The number of carbonyl (C=O) groups excluding carboxylic acids is 2. The predicted molar refractivity (Wildman–Crippen MR) is 127 cm³/mol. The third-order valence-corrected chi connectivity index (χ3v) is 4.70. The molecular weight excluding hydrogens is 467 g/mol. The summed E-state index contributed by atoms with van der Waals surface area (Å²) < 4.78 is 16.4. The number of hydrogen-bond donors (Lipinski definition) is 1. The van der Waals surface area contributed by atoms with Gasteiger partial charge in [-0.2, -0.15) is 5.10 Å². The van der Waals surface area contributed by atoms with Crippen LogP contribution in [0.15, 0.2) is 71.8 Å². The molecule has 0 fully saturated rings. The lowest BCUT2D eigenvalue weighted by Gasteiger charge is -2.12. The van der Waals surface area contributed by atoms with E-state index in [2.05, 4.69) is 10.5 Å². The topological polar surface area (TPSA) is 86.2 Å². The third-order valence-electron chi connectivity index (χ3n) is 4.13. The van der Waals surface area contributed by atoms with Gasteiger partial charge in [0.15, 0.2) is 18.1 Å². The summed E-state index contributed by atoms with van der Waals surface area (Å²) in [5, 5.41) is 4.71. The van der Waals surface area contributed by atoms with Crippen LogP contribution in [0, 0.1) is 0 Å². The van der Waals surface area contributed by atoms with Crippen molar-refractivity contribution in [3.8, 4) is 17.2 Å². The Bertz CT molecular complexity index is 1170. The number of hydrazone groups is 1. The smallest absolute Gasteiger partial charge is 0.345 e. The Labute approximate surface area is 200 Å². The number of amides is 1. The molecule has 0 radical (unpaired) electrons. The fourth-order valence-corrected chi connectivity index (χ4v) is 3.05. The first-order chi connectivity index (χ1) is 16.0. The van der Waals surface area contributed by atoms with E-state index in [4.69, 9.17) is 37.4 Å². The van der Waals surface area contributed by atoms with Crippen LogP contribution in [0.5, 0.6) is 17.2 Å². The normalized spacial score (nSPS) is 10.6. The van der Waals surface area contributed by atoms with Crippen LogP contribution in [0.4, 0.5) is 0 Å². The molecule has 0 heterocycles. The SMILES string of the molecule is CCOc1cc(C=NNC(=O)COc2cccc(Cl)c2)ccc1OC(=O)c1ccccc1Cl. The third kappa shape index (κ3) is 7.24. The van der Waals surface area contributed by atoms with Crippen LogP contribution in [0.25, 0.3) is 0 Å². The number of nitrogens with one attached hydrogen (secondary N) is 1. The van der Waals surface area contributed by atoms with Crippen molar-refractivity contribution in [1.29, 1.82) is 0 Å². The van der Waals surface area contributed by atoms with Crippen LogP contribution < -0.4 is 19.6 Å². The van der Waals surface area contributed by atoms with Gasteiger partial charge in [0.1, 0.15) is 5.75 Å². The second-order valence-electron chi connectivity index (χ2n) is 6.55. The molecular formula is C24H20Cl2N2O5. The Balaban J connectivity index is 1.61. The van der Waals surface area contributed by atoms with Crippen molar-refractivity contribution in [3.05, 3.63) is 87.9 Å². The summed E-state index contributed by atoms with van der Waals surface area (Å²) in [6.45, 7) is 1.94. The minimum Gasteiger partial charge on any atom is -0.490 e. The van der Waals surface area contributed by atoms with E-state index in [1.165, 1.54) is 6.21 Å². The second-order valence-corrected chi connectivity index (χ2v) is 7.39. The van der Waals surface area contributed by atoms with Gasteiger partial charge < -0.3 is 14.2 Å². The molecule has 7 nitrogen and oxygen atoms in total. The van der Waals surface area contributed by atoms with Crippen molar-refractivity contribution in [2.45, 2.75) is 6.92 Å². The number of carbonyl (C=O) groups is 2. The Kier molecular flexibility index (Phi) is 8.69. The Morgan fingerprint density at radius 1 is 0.970 bits per heavy atom. The molecule has 170 valence electrons. The van der Waals surface area contributed by atoms with Gasteiger partial charge in [-0.25, -0.2) is 10.2 Å². The summed E-state index contributed by atoms with van der Waals surface area (Å²) in [7, 11) is 0. The first-order valence-electron chi connectivity index (χ1n) is 9.90. The molecule has 9 heteroatoms. The van der Waals surface area contributed by atoms with E-state index < -0.39 is 11.9 Å². The van der Waals surface area contributed by atoms with Gasteiger partial charge in [0.2, 0.25) is 0 Å². The number of rotatable bonds is 9. The Morgan fingerprint density at radius 3 is 2.55 bits per heavy atom. The zero-order chi connectivity index (χ0) is 23.6. The summed E-state index contributed by atoms with van der Waals surface area (Å²) in [5.74, 6) is 0.0109. The second kappa shape index (κ2) is 11.9. The van der Waals surface area contributed by atoms with Gasteiger partial charge in [0.05, 0.1) is 23.4 Å². The molecule has 0 aromatic heterocycles. The van der Waals surface area contributed by atoms with Crippen molar-refractivity contribution < 1.29 is 23.8 Å². The quantitative estimate of drug-likeness (QED) is 0.196. The summed E-state index contributed by atoms with van der Waals surface area (Å²) >= 11 is 11.9. The standard InChI is InChI=1S/C24H20Cl2N2O5/c1-2-31-22-12-16(10-11-21(22)33-24(30)19-8-3-4-9-20(19)26)14-27-28-23(29)15-32-18-7-5-6-17(25)13-18/h3-14H,2,15H2,1H3,(H,28,29). The van der Waals surface area contributed by atoms with Crippen LogP contribution in [0.3, 0.4) is 0 Å². The van der Waals surface area contributed by atoms with Gasteiger partial charge in [-0.3, -0.25) is 4.79 Å². The number of ether oxygens (including phenoxy) is 3. The molecule has 0 aliphatic heterocycles. The van der Waals surface area contributed by atoms with E-state index in [1.807, 2.05) is 0 Å². The molecule has 33 heavy (non-hydrogen) atoms. The van der Waals surface area contributed by atoms with Gasteiger partial charge in [0.25, 0.3) is 5.91 Å². The maximum absolute atomic E-state index is 12.5. The average molecular weight is 487 g/mol. The van der Waals surface area contributed by atoms with Crippen molar-refractivity contribution >= 4 is 41.3 Å². The van der Waals surface area contributed by atoms with Crippen LogP contribution >= 0.6 is 23.2 Å². The summed E-state index contributed by atoms with van der Waals surface area (Å²) in [4.78, 5) is 24.4. The fourth-order valence-electron chi connectivity index (χ4n) is 2.66.